The molecule has 12 nitrogen and oxygen atoms in total. The molecule has 3 rings (SSSR count). The molecule has 0 aliphatic carbocycles. The monoisotopic (exact) mass is 394 g/mol. The van der Waals surface area contributed by atoms with Crippen LogP contribution in [0.15, 0.2) is 12.7 Å². The standard InChI is InChI=1S/C16H26N8O4/c17-4-2-1-3-8(18)15(27)23-10-9(5-25)28-16(12(10)26)24-7-22-11-13(19)20-6-21-14(11)24/h6-10,12,16,25-26H,1-5,17-18H2,(H,23,27)(H2,19,20,21)/t8-,9+,10-,12+,16-/m1/s1. The van der Waals surface area contributed by atoms with Crippen LogP contribution in [0, 0.1) is 0 Å². The maximum Gasteiger partial charge on any atom is 0.237 e. The van der Waals surface area contributed by atoms with Gasteiger partial charge < -0.3 is 37.5 Å². The van der Waals surface area contributed by atoms with E-state index in [4.69, 9.17) is 21.9 Å². The predicted octanol–water partition coefficient (Wildman–Crippen LogP) is -2.40. The minimum atomic E-state index is -1.16. The molecule has 0 aromatic carbocycles. The number of aliphatic hydroxyl groups excluding tert-OH is 2. The lowest BCUT2D eigenvalue weighted by Gasteiger charge is -2.22. The molecule has 1 fully saturated rings. The number of nitrogen functional groups attached to an aromatic ring is 1. The molecule has 2 aromatic rings. The van der Waals surface area contributed by atoms with Gasteiger partial charge in [0.1, 0.15) is 24.1 Å². The Kier molecular flexibility index (Phi) is 6.36. The summed E-state index contributed by atoms with van der Waals surface area (Å²) in [4.78, 5) is 24.5. The van der Waals surface area contributed by atoms with Gasteiger partial charge in [-0.1, -0.05) is 6.42 Å². The molecule has 1 aliphatic rings. The highest BCUT2D eigenvalue weighted by molar-refractivity contribution is 5.82. The molecule has 0 spiro atoms. The van der Waals surface area contributed by atoms with E-state index in [1.54, 1.807) is 0 Å². The summed E-state index contributed by atoms with van der Waals surface area (Å²) in [7, 11) is 0. The summed E-state index contributed by atoms with van der Waals surface area (Å²) in [6.07, 6.45) is 1.76. The fourth-order valence-corrected chi connectivity index (χ4v) is 3.27. The van der Waals surface area contributed by atoms with E-state index >= 15 is 0 Å². The molecule has 1 amide bonds. The molecule has 9 N–H and O–H groups in total. The molecule has 154 valence electrons. The van der Waals surface area contributed by atoms with E-state index in [0.717, 1.165) is 12.8 Å². The van der Waals surface area contributed by atoms with Crippen LogP contribution in [-0.2, 0) is 9.53 Å². The number of imidazole rings is 1. The summed E-state index contributed by atoms with van der Waals surface area (Å²) >= 11 is 0. The van der Waals surface area contributed by atoms with Crippen molar-refractivity contribution in [1.82, 2.24) is 24.8 Å². The summed E-state index contributed by atoms with van der Waals surface area (Å²) in [5, 5.41) is 23.1. The van der Waals surface area contributed by atoms with E-state index < -0.39 is 43.0 Å². The van der Waals surface area contributed by atoms with Gasteiger partial charge in [0, 0.05) is 0 Å². The van der Waals surface area contributed by atoms with Crippen molar-refractivity contribution in [2.45, 2.75) is 49.8 Å². The zero-order chi connectivity index (χ0) is 20.3. The van der Waals surface area contributed by atoms with Crippen molar-refractivity contribution >= 4 is 22.9 Å². The van der Waals surface area contributed by atoms with Crippen LogP contribution in [0.2, 0.25) is 0 Å². The number of amides is 1. The van der Waals surface area contributed by atoms with Crippen LogP contribution in [0.5, 0.6) is 0 Å². The van der Waals surface area contributed by atoms with Crippen LogP contribution in [0.3, 0.4) is 0 Å². The van der Waals surface area contributed by atoms with Crippen molar-refractivity contribution in [3.05, 3.63) is 12.7 Å². The number of unbranched alkanes of at least 4 members (excludes halogenated alkanes) is 1. The first-order chi connectivity index (χ1) is 13.5. The number of hydrogen-bond donors (Lipinski definition) is 6. The summed E-state index contributed by atoms with van der Waals surface area (Å²) in [6, 6.07) is -1.58. The lowest BCUT2D eigenvalue weighted by Crippen LogP contribution is -2.53. The molecule has 0 saturated carbocycles. The average Bonchev–Trinajstić information content (AvgIpc) is 3.24. The van der Waals surface area contributed by atoms with Gasteiger partial charge in [-0.3, -0.25) is 9.36 Å². The number of nitrogens with zero attached hydrogens (tertiary/aromatic N) is 4. The Bertz CT molecular complexity index is 815. The molecule has 1 saturated heterocycles. The van der Waals surface area contributed by atoms with Crippen molar-refractivity contribution in [3.8, 4) is 0 Å². The normalized spacial score (nSPS) is 25.9. The van der Waals surface area contributed by atoms with Crippen LogP contribution in [-0.4, -0.2) is 73.1 Å². The number of hydrogen-bond acceptors (Lipinski definition) is 10. The minimum Gasteiger partial charge on any atom is -0.394 e. The van der Waals surface area contributed by atoms with Gasteiger partial charge >= 0.3 is 0 Å². The molecule has 12 heteroatoms. The zero-order valence-electron chi connectivity index (χ0n) is 15.3. The number of nitrogens with two attached hydrogens (primary N) is 3. The van der Waals surface area contributed by atoms with Gasteiger partial charge in [-0.25, -0.2) is 15.0 Å². The van der Waals surface area contributed by atoms with Crippen LogP contribution in [0.25, 0.3) is 11.2 Å². The van der Waals surface area contributed by atoms with Crippen LogP contribution < -0.4 is 22.5 Å². The number of rotatable bonds is 8. The summed E-state index contributed by atoms with van der Waals surface area (Å²) in [5.74, 6) is -0.228. The third-order valence-electron chi connectivity index (χ3n) is 4.83. The van der Waals surface area contributed by atoms with Crippen LogP contribution in [0.1, 0.15) is 25.5 Å². The van der Waals surface area contributed by atoms with Gasteiger partial charge in [0.2, 0.25) is 5.91 Å². The Labute approximate surface area is 161 Å². The molecular formula is C16H26N8O4. The SMILES string of the molecule is NCCCC[C@@H](N)C(=O)N[C@H]1[C@H](O)[C@H](n2cnc3c(N)ncnc32)O[C@H]1CO. The third kappa shape index (κ3) is 3.91. The van der Waals surface area contributed by atoms with E-state index in [9.17, 15) is 15.0 Å². The predicted molar refractivity (Wildman–Crippen MR) is 99.5 cm³/mol. The van der Waals surface area contributed by atoms with E-state index in [-0.39, 0.29) is 5.82 Å². The molecule has 3 heterocycles. The summed E-state index contributed by atoms with van der Waals surface area (Å²) in [5.41, 5.74) is 17.9. The highest BCUT2D eigenvalue weighted by Crippen LogP contribution is 2.31. The Balaban J connectivity index is 1.75. The second-order valence-corrected chi connectivity index (χ2v) is 6.75. The third-order valence-corrected chi connectivity index (χ3v) is 4.83. The molecule has 0 unspecified atom stereocenters. The zero-order valence-corrected chi connectivity index (χ0v) is 15.3. The highest BCUT2D eigenvalue weighted by Gasteiger charge is 2.46. The first-order valence-electron chi connectivity index (χ1n) is 9.11. The second kappa shape index (κ2) is 8.75. The fourth-order valence-electron chi connectivity index (χ4n) is 3.27. The lowest BCUT2D eigenvalue weighted by atomic mass is 10.0. The smallest absolute Gasteiger partial charge is 0.237 e. The van der Waals surface area contributed by atoms with E-state index in [0.29, 0.717) is 24.1 Å². The van der Waals surface area contributed by atoms with E-state index in [1.807, 2.05) is 0 Å². The molecule has 5 atom stereocenters. The van der Waals surface area contributed by atoms with Gasteiger partial charge in [0.15, 0.2) is 17.7 Å². The Morgan fingerprint density at radius 1 is 1.36 bits per heavy atom. The highest BCUT2D eigenvalue weighted by atomic mass is 16.5. The molecule has 1 aliphatic heterocycles. The first-order valence-corrected chi connectivity index (χ1v) is 9.11. The van der Waals surface area contributed by atoms with Crippen LogP contribution >= 0.6 is 0 Å². The molecular weight excluding hydrogens is 368 g/mol. The molecule has 0 bridgehead atoms. The quantitative estimate of drug-likeness (QED) is 0.262. The van der Waals surface area contributed by atoms with Crippen molar-refractivity contribution in [2.24, 2.45) is 11.5 Å². The number of aromatic nitrogens is 4. The van der Waals surface area contributed by atoms with Gasteiger partial charge in [0.05, 0.1) is 25.0 Å². The largest absolute Gasteiger partial charge is 0.394 e. The first kappa shape index (κ1) is 20.4. The van der Waals surface area contributed by atoms with Gasteiger partial charge in [-0.2, -0.15) is 0 Å². The second-order valence-electron chi connectivity index (χ2n) is 6.75. The molecule has 28 heavy (non-hydrogen) atoms. The Morgan fingerprint density at radius 3 is 2.86 bits per heavy atom. The number of carbonyl (C=O) groups excluding carboxylic acids is 1. The number of aliphatic hydroxyl groups is 2. The van der Waals surface area contributed by atoms with E-state index in [2.05, 4.69) is 20.3 Å². The van der Waals surface area contributed by atoms with Gasteiger partial charge in [-0.05, 0) is 19.4 Å². The van der Waals surface area contributed by atoms with E-state index in [1.165, 1.54) is 17.2 Å². The van der Waals surface area contributed by atoms with Gasteiger partial charge in [0.25, 0.3) is 0 Å². The fraction of sp³-hybridized carbons (Fsp3) is 0.625. The topological polar surface area (TPSA) is 200 Å². The summed E-state index contributed by atoms with van der Waals surface area (Å²) < 4.78 is 7.25. The summed E-state index contributed by atoms with van der Waals surface area (Å²) in [6.45, 7) is 0.134. The van der Waals surface area contributed by atoms with Crippen molar-refractivity contribution < 1.29 is 19.7 Å². The number of carbonyl (C=O) groups is 1. The van der Waals surface area contributed by atoms with Crippen molar-refractivity contribution in [1.29, 1.82) is 0 Å². The number of anilines is 1. The lowest BCUT2D eigenvalue weighted by molar-refractivity contribution is -0.124. The average molecular weight is 394 g/mol. The minimum absolute atomic E-state index is 0.197. The maximum absolute atomic E-state index is 12.4. The number of fused-ring (bicyclic) bond motifs is 1. The van der Waals surface area contributed by atoms with Crippen molar-refractivity contribution in [3.63, 3.8) is 0 Å². The number of ether oxygens (including phenoxy) is 1. The Hall–Kier alpha value is -2.38. The Morgan fingerprint density at radius 2 is 2.14 bits per heavy atom. The number of nitrogens with one attached hydrogen (secondary N) is 1. The van der Waals surface area contributed by atoms with Crippen molar-refractivity contribution in [2.75, 3.05) is 18.9 Å². The van der Waals surface area contributed by atoms with Gasteiger partial charge in [-0.15, -0.1) is 0 Å². The maximum atomic E-state index is 12.4. The molecule has 2 aromatic heterocycles. The molecule has 0 radical (unpaired) electrons. The van der Waals surface area contributed by atoms with Crippen LogP contribution in [0.4, 0.5) is 5.82 Å².